The van der Waals surface area contributed by atoms with Gasteiger partial charge in [0.1, 0.15) is 6.04 Å². The fraction of sp³-hybridized carbons (Fsp3) is 0.200. The van der Waals surface area contributed by atoms with Crippen molar-refractivity contribution < 1.29 is 29.0 Å². The van der Waals surface area contributed by atoms with Crippen LogP contribution in [0.1, 0.15) is 16.8 Å². The van der Waals surface area contributed by atoms with Gasteiger partial charge in [-0.1, -0.05) is 0 Å². The molecule has 96 valence electrons. The van der Waals surface area contributed by atoms with Crippen molar-refractivity contribution in [1.82, 2.24) is 10.3 Å². The number of nitrogens with zero attached hydrogens (tertiary/aromatic N) is 1. The van der Waals surface area contributed by atoms with E-state index in [2.05, 4.69) is 4.98 Å². The van der Waals surface area contributed by atoms with Gasteiger partial charge in [-0.15, -0.1) is 0 Å². The van der Waals surface area contributed by atoms with Crippen LogP contribution in [0.3, 0.4) is 0 Å². The molecule has 0 spiro atoms. The largest absolute Gasteiger partial charge is 0.481 e. The van der Waals surface area contributed by atoms with Crippen LogP contribution in [0.4, 0.5) is 4.39 Å². The monoisotopic (exact) mass is 256 g/mol. The highest BCUT2D eigenvalue weighted by Gasteiger charge is 2.24. The fourth-order valence-electron chi connectivity index (χ4n) is 1.17. The molecule has 0 aliphatic rings. The molecule has 3 N–H and O–H groups in total. The second-order valence-electron chi connectivity index (χ2n) is 3.30. The number of aliphatic carboxylic acids is 2. The van der Waals surface area contributed by atoms with E-state index in [1.807, 2.05) is 5.32 Å². The molecule has 0 saturated carbocycles. The SMILES string of the molecule is O=C(O)C[C@H](NC(=O)c1cccnc1F)C(=O)O. The standard InChI is InChI=1S/C10H9FN2O5/c11-8-5(2-1-3-12-8)9(16)13-6(10(17)18)4-7(14)15/h1-3,6H,4H2,(H,13,16)(H,14,15)(H,17,18)/t6-/m0/s1. The van der Waals surface area contributed by atoms with Crippen molar-refractivity contribution in [3.05, 3.63) is 29.8 Å². The second-order valence-corrected chi connectivity index (χ2v) is 3.30. The molecular weight excluding hydrogens is 247 g/mol. The second kappa shape index (κ2) is 5.71. The lowest BCUT2D eigenvalue weighted by Crippen LogP contribution is -2.42. The van der Waals surface area contributed by atoms with Crippen molar-refractivity contribution in [1.29, 1.82) is 0 Å². The fourth-order valence-corrected chi connectivity index (χ4v) is 1.17. The lowest BCUT2D eigenvalue weighted by molar-refractivity contribution is -0.145. The van der Waals surface area contributed by atoms with Crippen molar-refractivity contribution >= 4 is 17.8 Å². The summed E-state index contributed by atoms with van der Waals surface area (Å²) in [6, 6.07) is 0.775. The summed E-state index contributed by atoms with van der Waals surface area (Å²) in [5.74, 6) is -5.01. The molecule has 0 aromatic carbocycles. The maximum absolute atomic E-state index is 13.1. The number of rotatable bonds is 5. The molecule has 18 heavy (non-hydrogen) atoms. The van der Waals surface area contributed by atoms with Crippen LogP contribution in [0, 0.1) is 5.95 Å². The molecule has 1 atom stereocenters. The predicted molar refractivity (Wildman–Crippen MR) is 55.3 cm³/mol. The minimum Gasteiger partial charge on any atom is -0.481 e. The summed E-state index contributed by atoms with van der Waals surface area (Å²) in [5, 5.41) is 19.1. The van der Waals surface area contributed by atoms with Crippen LogP contribution in [-0.4, -0.2) is 39.1 Å². The number of amides is 1. The third-order valence-corrected chi connectivity index (χ3v) is 1.99. The Morgan fingerprint density at radius 3 is 2.56 bits per heavy atom. The Hall–Kier alpha value is -2.51. The molecule has 1 aromatic heterocycles. The van der Waals surface area contributed by atoms with Gasteiger partial charge in [0.2, 0.25) is 5.95 Å². The summed E-state index contributed by atoms with van der Waals surface area (Å²) in [5.41, 5.74) is -0.450. The summed E-state index contributed by atoms with van der Waals surface area (Å²) in [4.78, 5) is 35.8. The van der Waals surface area contributed by atoms with Gasteiger partial charge in [0.25, 0.3) is 5.91 Å². The lowest BCUT2D eigenvalue weighted by atomic mass is 10.2. The average Bonchev–Trinajstić information content (AvgIpc) is 2.27. The van der Waals surface area contributed by atoms with Crippen molar-refractivity contribution in [2.24, 2.45) is 0 Å². The van der Waals surface area contributed by atoms with E-state index in [-0.39, 0.29) is 0 Å². The zero-order valence-electron chi connectivity index (χ0n) is 8.96. The number of pyridine rings is 1. The number of hydrogen-bond acceptors (Lipinski definition) is 4. The molecule has 1 heterocycles. The van der Waals surface area contributed by atoms with E-state index in [4.69, 9.17) is 10.2 Å². The smallest absolute Gasteiger partial charge is 0.326 e. The molecule has 0 fully saturated rings. The highest BCUT2D eigenvalue weighted by atomic mass is 19.1. The summed E-state index contributed by atoms with van der Waals surface area (Å²) < 4.78 is 13.1. The van der Waals surface area contributed by atoms with Gasteiger partial charge in [0.15, 0.2) is 0 Å². The van der Waals surface area contributed by atoms with Crippen LogP contribution in [0.2, 0.25) is 0 Å². The molecule has 0 aliphatic carbocycles. The molecule has 0 saturated heterocycles. The summed E-state index contributed by atoms with van der Waals surface area (Å²) in [7, 11) is 0. The summed E-state index contributed by atoms with van der Waals surface area (Å²) in [6.45, 7) is 0. The van der Waals surface area contributed by atoms with E-state index in [9.17, 15) is 18.8 Å². The number of carboxylic acid groups (broad SMARTS) is 2. The Balaban J connectivity index is 2.82. The maximum atomic E-state index is 13.1. The minimum absolute atomic E-state index is 0.450. The van der Waals surface area contributed by atoms with Gasteiger partial charge < -0.3 is 15.5 Å². The number of carbonyl (C=O) groups excluding carboxylic acids is 1. The molecule has 1 amide bonds. The van der Waals surface area contributed by atoms with Gasteiger partial charge in [-0.05, 0) is 12.1 Å². The molecule has 0 bridgehead atoms. The van der Waals surface area contributed by atoms with Crippen molar-refractivity contribution in [3.8, 4) is 0 Å². The molecule has 0 unspecified atom stereocenters. The zero-order chi connectivity index (χ0) is 13.7. The molecule has 1 aromatic rings. The molecule has 0 aliphatic heterocycles. The van der Waals surface area contributed by atoms with Gasteiger partial charge in [0, 0.05) is 6.20 Å². The summed E-state index contributed by atoms with van der Waals surface area (Å²) >= 11 is 0. The highest BCUT2D eigenvalue weighted by molar-refractivity contribution is 5.97. The van der Waals surface area contributed by atoms with E-state index in [0.717, 1.165) is 12.3 Å². The van der Waals surface area contributed by atoms with E-state index < -0.39 is 41.8 Å². The van der Waals surface area contributed by atoms with Gasteiger partial charge in [-0.25, -0.2) is 9.78 Å². The quantitative estimate of drug-likeness (QED) is 0.632. The molecule has 8 heteroatoms. The van der Waals surface area contributed by atoms with Gasteiger partial charge in [0.05, 0.1) is 12.0 Å². The Morgan fingerprint density at radius 2 is 2.06 bits per heavy atom. The molecule has 7 nitrogen and oxygen atoms in total. The number of carboxylic acids is 2. The Kier molecular flexibility index (Phi) is 4.30. The minimum atomic E-state index is -1.63. The van der Waals surface area contributed by atoms with Gasteiger partial charge >= 0.3 is 11.9 Å². The summed E-state index contributed by atoms with van der Waals surface area (Å²) in [6.07, 6.45) is 0.320. The first-order chi connectivity index (χ1) is 8.41. The van der Waals surface area contributed by atoms with E-state index in [1.165, 1.54) is 6.07 Å². The molecular formula is C10H9FN2O5. The van der Waals surface area contributed by atoms with Crippen LogP contribution >= 0.6 is 0 Å². The number of hydrogen-bond donors (Lipinski definition) is 3. The Labute approximate surface area is 100 Å². The van der Waals surface area contributed by atoms with Gasteiger partial charge in [-0.3, -0.25) is 9.59 Å². The Morgan fingerprint density at radius 1 is 1.39 bits per heavy atom. The number of halogens is 1. The van der Waals surface area contributed by atoms with Crippen molar-refractivity contribution in [3.63, 3.8) is 0 Å². The van der Waals surface area contributed by atoms with E-state index in [1.54, 1.807) is 0 Å². The lowest BCUT2D eigenvalue weighted by Gasteiger charge is -2.12. The third-order valence-electron chi connectivity index (χ3n) is 1.99. The number of aromatic nitrogens is 1. The Bertz CT molecular complexity index is 491. The van der Waals surface area contributed by atoms with Crippen LogP contribution in [-0.2, 0) is 9.59 Å². The first-order valence-electron chi connectivity index (χ1n) is 4.77. The number of nitrogens with one attached hydrogen (secondary N) is 1. The highest BCUT2D eigenvalue weighted by Crippen LogP contribution is 2.04. The zero-order valence-corrected chi connectivity index (χ0v) is 8.96. The van der Waals surface area contributed by atoms with Crippen LogP contribution in [0.25, 0.3) is 0 Å². The van der Waals surface area contributed by atoms with E-state index >= 15 is 0 Å². The predicted octanol–water partition coefficient (Wildman–Crippen LogP) is -0.122. The van der Waals surface area contributed by atoms with Crippen LogP contribution in [0.15, 0.2) is 18.3 Å². The first-order valence-corrected chi connectivity index (χ1v) is 4.77. The number of carbonyl (C=O) groups is 3. The average molecular weight is 256 g/mol. The van der Waals surface area contributed by atoms with Gasteiger partial charge in [-0.2, -0.15) is 4.39 Å². The maximum Gasteiger partial charge on any atom is 0.326 e. The van der Waals surface area contributed by atoms with E-state index in [0.29, 0.717) is 0 Å². The van der Waals surface area contributed by atoms with Crippen molar-refractivity contribution in [2.75, 3.05) is 0 Å². The molecule has 0 radical (unpaired) electrons. The third kappa shape index (κ3) is 3.51. The topological polar surface area (TPSA) is 117 Å². The first kappa shape index (κ1) is 13.6. The van der Waals surface area contributed by atoms with Crippen LogP contribution in [0.5, 0.6) is 0 Å². The molecule has 1 rings (SSSR count). The normalized spacial score (nSPS) is 11.6. The van der Waals surface area contributed by atoms with Crippen molar-refractivity contribution in [2.45, 2.75) is 12.5 Å². The van der Waals surface area contributed by atoms with Crippen LogP contribution < -0.4 is 5.32 Å².